The average Bonchev–Trinajstić information content (AvgIpc) is 2.23. The minimum Gasteiger partial charge on any atom is -0.409 e. The monoisotopic (exact) mass is 215 g/mol. The fourth-order valence-electron chi connectivity index (χ4n) is 2.15. The van der Waals surface area contributed by atoms with Crippen LogP contribution in [0.3, 0.4) is 0 Å². The molecule has 2 unspecified atom stereocenters. The van der Waals surface area contributed by atoms with Crippen molar-refractivity contribution in [2.75, 3.05) is 19.6 Å². The molecule has 0 aliphatic carbocycles. The van der Waals surface area contributed by atoms with Gasteiger partial charge in [0, 0.05) is 13.1 Å². The molecule has 0 aromatic heterocycles. The smallest absolute Gasteiger partial charge is 0.153 e. The second-order valence-corrected chi connectivity index (χ2v) is 4.23. The first kappa shape index (κ1) is 12.3. The zero-order chi connectivity index (χ0) is 11.3. The summed E-state index contributed by atoms with van der Waals surface area (Å²) in [4.78, 5) is 2.13. The summed E-state index contributed by atoms with van der Waals surface area (Å²) < 4.78 is 0. The third kappa shape index (κ3) is 3.68. The second-order valence-electron chi connectivity index (χ2n) is 4.23. The maximum Gasteiger partial charge on any atom is 0.153 e. The summed E-state index contributed by atoms with van der Waals surface area (Å²) in [6, 6.07) is 0. The molecule has 5 nitrogen and oxygen atoms in total. The number of rotatable bonds is 4. The van der Waals surface area contributed by atoms with Crippen LogP contribution in [0.2, 0.25) is 0 Å². The number of oxime groups is 1. The second kappa shape index (κ2) is 5.92. The molecule has 0 radical (unpaired) electrons. The summed E-state index contributed by atoms with van der Waals surface area (Å²) in [6.45, 7) is 4.27. The van der Waals surface area contributed by atoms with E-state index in [1.807, 2.05) is 0 Å². The zero-order valence-electron chi connectivity index (χ0n) is 9.26. The van der Waals surface area contributed by atoms with Gasteiger partial charge in [0.15, 0.2) is 5.84 Å². The van der Waals surface area contributed by atoms with Crippen LogP contribution in [0, 0.1) is 5.92 Å². The summed E-state index contributed by atoms with van der Waals surface area (Å²) >= 11 is 0. The highest BCUT2D eigenvalue weighted by Crippen LogP contribution is 2.21. The highest BCUT2D eigenvalue weighted by molar-refractivity contribution is 5.81. The standard InChI is InChI=1S/C10H21N3O2/c1-2-3-8-6-13(5-4-9(8)14)7-10(11)12-15/h8-9,14-15H,2-7H2,1H3,(H2,11,12). The highest BCUT2D eigenvalue weighted by Gasteiger charge is 2.27. The van der Waals surface area contributed by atoms with E-state index in [0.29, 0.717) is 12.5 Å². The molecule has 1 aliphatic rings. The van der Waals surface area contributed by atoms with E-state index >= 15 is 0 Å². The van der Waals surface area contributed by atoms with Crippen LogP contribution in [-0.2, 0) is 0 Å². The van der Waals surface area contributed by atoms with Crippen LogP contribution in [0.1, 0.15) is 26.2 Å². The molecular formula is C10H21N3O2. The molecule has 1 aliphatic heterocycles. The molecule has 88 valence electrons. The van der Waals surface area contributed by atoms with Crippen molar-refractivity contribution in [1.29, 1.82) is 0 Å². The molecule has 1 rings (SSSR count). The van der Waals surface area contributed by atoms with Gasteiger partial charge in [-0.1, -0.05) is 18.5 Å². The van der Waals surface area contributed by atoms with Gasteiger partial charge in [-0.2, -0.15) is 0 Å². The highest BCUT2D eigenvalue weighted by atomic mass is 16.4. The van der Waals surface area contributed by atoms with Crippen molar-refractivity contribution < 1.29 is 10.3 Å². The molecule has 1 fully saturated rings. The van der Waals surface area contributed by atoms with Gasteiger partial charge in [0.25, 0.3) is 0 Å². The van der Waals surface area contributed by atoms with Crippen molar-refractivity contribution in [3.8, 4) is 0 Å². The predicted octanol–water partition coefficient (Wildman–Crippen LogP) is 0.216. The van der Waals surface area contributed by atoms with Crippen molar-refractivity contribution in [2.45, 2.75) is 32.3 Å². The first-order valence-corrected chi connectivity index (χ1v) is 5.54. The van der Waals surface area contributed by atoms with Crippen molar-refractivity contribution in [3.63, 3.8) is 0 Å². The lowest BCUT2D eigenvalue weighted by Crippen LogP contribution is -2.46. The lowest BCUT2D eigenvalue weighted by Gasteiger charge is -2.35. The molecule has 2 atom stereocenters. The van der Waals surface area contributed by atoms with Gasteiger partial charge in [0.05, 0.1) is 12.6 Å². The van der Waals surface area contributed by atoms with Gasteiger partial charge in [-0.05, 0) is 18.8 Å². The van der Waals surface area contributed by atoms with Gasteiger partial charge >= 0.3 is 0 Å². The van der Waals surface area contributed by atoms with Gasteiger partial charge < -0.3 is 16.0 Å². The van der Waals surface area contributed by atoms with E-state index in [1.54, 1.807) is 0 Å². The summed E-state index contributed by atoms with van der Waals surface area (Å²) in [5.74, 6) is 0.567. The minimum atomic E-state index is -0.187. The first-order chi connectivity index (χ1) is 7.17. The number of aliphatic hydroxyl groups is 1. The quantitative estimate of drug-likeness (QED) is 0.271. The molecule has 0 bridgehead atoms. The Labute approximate surface area is 90.6 Å². The summed E-state index contributed by atoms with van der Waals surface area (Å²) in [5.41, 5.74) is 5.45. The first-order valence-electron chi connectivity index (χ1n) is 5.54. The van der Waals surface area contributed by atoms with Crippen molar-refractivity contribution in [1.82, 2.24) is 4.90 Å². The molecule has 5 heteroatoms. The Morgan fingerprint density at radius 3 is 2.93 bits per heavy atom. The number of hydrogen-bond acceptors (Lipinski definition) is 4. The number of amidine groups is 1. The Kier molecular flexibility index (Phi) is 4.84. The molecule has 1 saturated heterocycles. The Morgan fingerprint density at radius 2 is 2.33 bits per heavy atom. The third-order valence-corrected chi connectivity index (χ3v) is 2.95. The van der Waals surface area contributed by atoms with E-state index in [0.717, 1.165) is 32.4 Å². The van der Waals surface area contributed by atoms with E-state index in [4.69, 9.17) is 10.9 Å². The SMILES string of the molecule is CCCC1CN(C/C(N)=N/O)CCC1O. The zero-order valence-corrected chi connectivity index (χ0v) is 9.26. The minimum absolute atomic E-state index is 0.187. The van der Waals surface area contributed by atoms with Crippen LogP contribution >= 0.6 is 0 Å². The molecule has 0 saturated carbocycles. The molecule has 15 heavy (non-hydrogen) atoms. The lowest BCUT2D eigenvalue weighted by molar-refractivity contribution is 0.0280. The number of nitrogens with two attached hydrogens (primary N) is 1. The summed E-state index contributed by atoms with van der Waals surface area (Å²) in [6.07, 6.45) is 2.71. The van der Waals surface area contributed by atoms with Crippen LogP contribution in [-0.4, -0.2) is 46.8 Å². The Morgan fingerprint density at radius 1 is 1.60 bits per heavy atom. The molecular weight excluding hydrogens is 194 g/mol. The molecule has 1 heterocycles. The van der Waals surface area contributed by atoms with E-state index in [-0.39, 0.29) is 11.9 Å². The van der Waals surface area contributed by atoms with Gasteiger partial charge in [-0.15, -0.1) is 0 Å². The van der Waals surface area contributed by atoms with E-state index in [9.17, 15) is 5.11 Å². The topological polar surface area (TPSA) is 82.1 Å². The third-order valence-electron chi connectivity index (χ3n) is 2.95. The Hall–Kier alpha value is -0.810. The summed E-state index contributed by atoms with van der Waals surface area (Å²) in [5, 5.41) is 21.2. The van der Waals surface area contributed by atoms with E-state index < -0.39 is 0 Å². The maximum absolute atomic E-state index is 9.77. The van der Waals surface area contributed by atoms with Crippen LogP contribution in [0.15, 0.2) is 5.16 Å². The predicted molar refractivity (Wildman–Crippen MR) is 58.9 cm³/mol. The molecule has 0 aromatic rings. The lowest BCUT2D eigenvalue weighted by atomic mass is 9.91. The molecule has 0 amide bonds. The number of hydrogen-bond donors (Lipinski definition) is 3. The maximum atomic E-state index is 9.77. The Balaban J connectivity index is 2.42. The number of piperidine rings is 1. The Bertz CT molecular complexity index is 221. The van der Waals surface area contributed by atoms with Crippen molar-refractivity contribution in [3.05, 3.63) is 0 Å². The van der Waals surface area contributed by atoms with Gasteiger partial charge in [-0.3, -0.25) is 4.90 Å². The van der Waals surface area contributed by atoms with Gasteiger partial charge in [-0.25, -0.2) is 0 Å². The molecule has 4 N–H and O–H groups in total. The van der Waals surface area contributed by atoms with Gasteiger partial charge in [0.1, 0.15) is 0 Å². The van der Waals surface area contributed by atoms with E-state index in [1.165, 1.54) is 0 Å². The van der Waals surface area contributed by atoms with Crippen molar-refractivity contribution >= 4 is 5.84 Å². The number of aliphatic hydroxyl groups excluding tert-OH is 1. The fourth-order valence-corrected chi connectivity index (χ4v) is 2.15. The molecule has 0 spiro atoms. The van der Waals surface area contributed by atoms with Crippen LogP contribution in [0.25, 0.3) is 0 Å². The number of nitrogens with zero attached hydrogens (tertiary/aromatic N) is 2. The van der Waals surface area contributed by atoms with Crippen LogP contribution in [0.4, 0.5) is 0 Å². The van der Waals surface area contributed by atoms with Crippen LogP contribution < -0.4 is 5.73 Å². The summed E-state index contributed by atoms with van der Waals surface area (Å²) in [7, 11) is 0. The van der Waals surface area contributed by atoms with Crippen LogP contribution in [0.5, 0.6) is 0 Å². The number of likely N-dealkylation sites (tertiary alicyclic amines) is 1. The van der Waals surface area contributed by atoms with Crippen molar-refractivity contribution in [2.24, 2.45) is 16.8 Å². The largest absolute Gasteiger partial charge is 0.409 e. The molecule has 0 aromatic carbocycles. The van der Waals surface area contributed by atoms with E-state index in [2.05, 4.69) is 17.0 Å². The normalized spacial score (nSPS) is 29.3. The average molecular weight is 215 g/mol. The van der Waals surface area contributed by atoms with Gasteiger partial charge in [0.2, 0.25) is 0 Å². The fraction of sp³-hybridized carbons (Fsp3) is 0.900.